The van der Waals surface area contributed by atoms with Gasteiger partial charge in [-0.25, -0.2) is 0 Å². The summed E-state index contributed by atoms with van der Waals surface area (Å²) in [5, 5.41) is 0. The Morgan fingerprint density at radius 2 is 2.17 bits per heavy atom. The van der Waals surface area contributed by atoms with Gasteiger partial charge in [0.2, 0.25) is 11.8 Å². The number of amides is 2. The minimum absolute atomic E-state index is 0.131. The molecule has 3 saturated heterocycles. The summed E-state index contributed by atoms with van der Waals surface area (Å²) in [7, 11) is 0. The van der Waals surface area contributed by atoms with Gasteiger partial charge in [0.05, 0.1) is 12.1 Å². The summed E-state index contributed by atoms with van der Waals surface area (Å²) in [6, 6.07) is -0.211. The van der Waals surface area contributed by atoms with E-state index in [1.165, 1.54) is 0 Å². The van der Waals surface area contributed by atoms with Crippen molar-refractivity contribution in [1.29, 1.82) is 0 Å². The van der Waals surface area contributed by atoms with E-state index in [0.717, 1.165) is 25.8 Å². The number of hydrogen-bond acceptors (Lipinski definition) is 3. The minimum Gasteiger partial charge on any atom is -0.379 e. The second kappa shape index (κ2) is 4.23. The Morgan fingerprint density at radius 3 is 2.89 bits per heavy atom. The molecular weight excluding hydrogens is 232 g/mol. The molecular formula is C13H20N2O3. The second-order valence-corrected chi connectivity index (χ2v) is 5.78. The first kappa shape index (κ1) is 12.0. The maximum absolute atomic E-state index is 12.6. The van der Waals surface area contributed by atoms with Crippen LogP contribution in [0.2, 0.25) is 0 Å². The third-order valence-corrected chi connectivity index (χ3v) is 4.52. The van der Waals surface area contributed by atoms with Crippen LogP contribution < -0.4 is 0 Å². The van der Waals surface area contributed by atoms with Crippen LogP contribution in [0.25, 0.3) is 0 Å². The van der Waals surface area contributed by atoms with Crippen molar-refractivity contribution in [2.24, 2.45) is 0 Å². The van der Waals surface area contributed by atoms with Crippen molar-refractivity contribution in [2.75, 3.05) is 26.3 Å². The van der Waals surface area contributed by atoms with Gasteiger partial charge in [-0.05, 0) is 26.2 Å². The topological polar surface area (TPSA) is 49.9 Å². The van der Waals surface area contributed by atoms with Crippen molar-refractivity contribution < 1.29 is 14.3 Å². The zero-order chi connectivity index (χ0) is 12.8. The van der Waals surface area contributed by atoms with Crippen molar-refractivity contribution in [2.45, 2.75) is 44.2 Å². The van der Waals surface area contributed by atoms with Crippen LogP contribution in [0.3, 0.4) is 0 Å². The number of carbonyl (C=O) groups is 2. The van der Waals surface area contributed by atoms with Gasteiger partial charge in [0, 0.05) is 26.1 Å². The molecule has 18 heavy (non-hydrogen) atoms. The van der Waals surface area contributed by atoms with Crippen LogP contribution in [0.1, 0.15) is 32.6 Å². The quantitative estimate of drug-likeness (QED) is 0.678. The molecule has 3 aliphatic rings. The Morgan fingerprint density at radius 1 is 1.33 bits per heavy atom. The van der Waals surface area contributed by atoms with Gasteiger partial charge in [0.15, 0.2) is 0 Å². The Balaban J connectivity index is 1.87. The Labute approximate surface area is 107 Å². The molecule has 3 heterocycles. The molecule has 100 valence electrons. The van der Waals surface area contributed by atoms with Crippen LogP contribution in [-0.4, -0.2) is 59.5 Å². The lowest BCUT2D eigenvalue weighted by Crippen LogP contribution is -2.54. The zero-order valence-corrected chi connectivity index (χ0v) is 10.9. The lowest BCUT2D eigenvalue weighted by Gasteiger charge is -2.37. The van der Waals surface area contributed by atoms with Gasteiger partial charge in [-0.1, -0.05) is 0 Å². The highest BCUT2D eigenvalue weighted by molar-refractivity contribution is 5.91. The molecule has 3 aliphatic heterocycles. The number of ether oxygens (including phenoxy) is 1. The summed E-state index contributed by atoms with van der Waals surface area (Å²) in [6.07, 6.45) is 3.10. The largest absolute Gasteiger partial charge is 0.379 e. The van der Waals surface area contributed by atoms with Crippen LogP contribution in [0.15, 0.2) is 0 Å². The molecule has 0 saturated carbocycles. The predicted molar refractivity (Wildman–Crippen MR) is 64.9 cm³/mol. The summed E-state index contributed by atoms with van der Waals surface area (Å²) in [4.78, 5) is 28.4. The first-order chi connectivity index (χ1) is 8.62. The number of carbonyl (C=O) groups excluding carboxylic acids is 2. The van der Waals surface area contributed by atoms with Gasteiger partial charge in [-0.3, -0.25) is 9.59 Å². The van der Waals surface area contributed by atoms with Crippen molar-refractivity contribution in [1.82, 2.24) is 9.80 Å². The lowest BCUT2D eigenvalue weighted by molar-refractivity contribution is -0.143. The van der Waals surface area contributed by atoms with E-state index < -0.39 is 0 Å². The Hall–Kier alpha value is -1.10. The molecule has 0 spiro atoms. The first-order valence-electron chi connectivity index (χ1n) is 6.80. The summed E-state index contributed by atoms with van der Waals surface area (Å²) >= 11 is 0. The third kappa shape index (κ3) is 1.72. The van der Waals surface area contributed by atoms with Crippen molar-refractivity contribution in [3.8, 4) is 0 Å². The molecule has 5 heteroatoms. The first-order valence-corrected chi connectivity index (χ1v) is 6.80. The molecule has 0 radical (unpaired) electrons. The average Bonchev–Trinajstić information content (AvgIpc) is 2.95. The van der Waals surface area contributed by atoms with Crippen molar-refractivity contribution >= 4 is 11.8 Å². The van der Waals surface area contributed by atoms with Crippen LogP contribution in [0.5, 0.6) is 0 Å². The van der Waals surface area contributed by atoms with Gasteiger partial charge < -0.3 is 14.5 Å². The zero-order valence-electron chi connectivity index (χ0n) is 10.9. The average molecular weight is 252 g/mol. The van der Waals surface area contributed by atoms with Crippen LogP contribution in [-0.2, 0) is 14.3 Å². The minimum atomic E-state index is -0.212. The molecule has 3 fully saturated rings. The normalized spacial score (nSPS) is 37.1. The third-order valence-electron chi connectivity index (χ3n) is 4.52. The molecule has 3 rings (SSSR count). The number of rotatable bonds is 1. The summed E-state index contributed by atoms with van der Waals surface area (Å²) < 4.78 is 5.45. The Bertz CT molecular complexity index is 376. The fourth-order valence-electron chi connectivity index (χ4n) is 3.37. The molecule has 0 aliphatic carbocycles. The maximum atomic E-state index is 12.6. The molecule has 0 N–H and O–H groups in total. The molecule has 2 unspecified atom stereocenters. The van der Waals surface area contributed by atoms with E-state index in [4.69, 9.17) is 4.74 Å². The standard InChI is InChI=1S/C13H20N2O3/c1-13(5-8-18-9-13)15-7-4-11(16)14-6-2-3-10(14)12(15)17/h10H,2-9H2,1H3. The SMILES string of the molecule is CC1(N2CCC(=O)N3CCCC3C2=O)CCOC1. The predicted octanol–water partition coefficient (Wildman–Crippen LogP) is 0.389. The number of hydrogen-bond donors (Lipinski definition) is 0. The highest BCUT2D eigenvalue weighted by atomic mass is 16.5. The van der Waals surface area contributed by atoms with E-state index in [-0.39, 0.29) is 23.4 Å². The van der Waals surface area contributed by atoms with Gasteiger partial charge in [-0.2, -0.15) is 0 Å². The molecule has 0 aromatic carbocycles. The van der Waals surface area contributed by atoms with E-state index in [1.807, 2.05) is 4.90 Å². The van der Waals surface area contributed by atoms with E-state index in [1.54, 1.807) is 4.90 Å². The highest BCUT2D eigenvalue weighted by Gasteiger charge is 2.46. The number of fused-ring (bicyclic) bond motifs is 1. The van der Waals surface area contributed by atoms with Gasteiger partial charge >= 0.3 is 0 Å². The van der Waals surface area contributed by atoms with Crippen LogP contribution in [0, 0.1) is 0 Å². The van der Waals surface area contributed by atoms with E-state index in [2.05, 4.69) is 6.92 Å². The summed E-state index contributed by atoms with van der Waals surface area (Å²) in [6.45, 7) is 4.68. The maximum Gasteiger partial charge on any atom is 0.245 e. The van der Waals surface area contributed by atoms with E-state index >= 15 is 0 Å². The second-order valence-electron chi connectivity index (χ2n) is 5.78. The van der Waals surface area contributed by atoms with E-state index in [0.29, 0.717) is 26.2 Å². The number of nitrogens with zero attached hydrogens (tertiary/aromatic N) is 2. The molecule has 0 bridgehead atoms. The fraction of sp³-hybridized carbons (Fsp3) is 0.846. The summed E-state index contributed by atoms with van der Waals surface area (Å²) in [5.41, 5.74) is -0.212. The summed E-state index contributed by atoms with van der Waals surface area (Å²) in [5.74, 6) is 0.266. The molecule has 0 aromatic heterocycles. The molecule has 2 atom stereocenters. The molecule has 0 aromatic rings. The van der Waals surface area contributed by atoms with E-state index in [9.17, 15) is 9.59 Å². The Kier molecular flexibility index (Phi) is 2.81. The smallest absolute Gasteiger partial charge is 0.245 e. The molecule has 2 amide bonds. The van der Waals surface area contributed by atoms with Crippen molar-refractivity contribution in [3.63, 3.8) is 0 Å². The monoisotopic (exact) mass is 252 g/mol. The van der Waals surface area contributed by atoms with Gasteiger partial charge in [0.25, 0.3) is 0 Å². The van der Waals surface area contributed by atoms with Gasteiger partial charge in [0.1, 0.15) is 6.04 Å². The fourth-order valence-corrected chi connectivity index (χ4v) is 3.37. The van der Waals surface area contributed by atoms with Crippen LogP contribution in [0.4, 0.5) is 0 Å². The molecule has 5 nitrogen and oxygen atoms in total. The van der Waals surface area contributed by atoms with Crippen molar-refractivity contribution in [3.05, 3.63) is 0 Å². The lowest BCUT2D eigenvalue weighted by atomic mass is 9.97. The highest BCUT2D eigenvalue weighted by Crippen LogP contribution is 2.31. The van der Waals surface area contributed by atoms with Crippen LogP contribution >= 0.6 is 0 Å². The van der Waals surface area contributed by atoms with Gasteiger partial charge in [-0.15, -0.1) is 0 Å².